The standard InChI is InChI=1S/C20H14N4O4/c1-22-17-8-7-15(28-2)10-16(17)19-18(22)9-12(11-21)20(25)23(19)13-3-5-14(6-4-13)24(26)27/h3-10H,1-2H3. The number of nitro benzene ring substituents is 1. The molecule has 2 heterocycles. The van der Waals surface area contributed by atoms with Gasteiger partial charge in [0.05, 0.1) is 28.6 Å². The van der Waals surface area contributed by atoms with Crippen molar-refractivity contribution in [1.29, 1.82) is 5.26 Å². The van der Waals surface area contributed by atoms with Gasteiger partial charge >= 0.3 is 0 Å². The van der Waals surface area contributed by atoms with Gasteiger partial charge in [-0.3, -0.25) is 19.5 Å². The summed E-state index contributed by atoms with van der Waals surface area (Å²) in [7, 11) is 3.41. The molecule has 0 spiro atoms. The Morgan fingerprint density at radius 2 is 1.82 bits per heavy atom. The highest BCUT2D eigenvalue weighted by Crippen LogP contribution is 2.32. The van der Waals surface area contributed by atoms with Crippen LogP contribution in [-0.2, 0) is 7.05 Å². The molecule has 2 aromatic heterocycles. The summed E-state index contributed by atoms with van der Waals surface area (Å²) < 4.78 is 8.63. The van der Waals surface area contributed by atoms with Crippen LogP contribution in [0, 0.1) is 21.4 Å². The second kappa shape index (κ2) is 6.25. The summed E-state index contributed by atoms with van der Waals surface area (Å²) >= 11 is 0. The Balaban J connectivity index is 2.18. The van der Waals surface area contributed by atoms with E-state index in [1.807, 2.05) is 35.9 Å². The molecule has 0 aliphatic carbocycles. The van der Waals surface area contributed by atoms with Gasteiger partial charge in [-0.05, 0) is 36.4 Å². The fraction of sp³-hybridized carbons (Fsp3) is 0.100. The quantitative estimate of drug-likeness (QED) is 0.404. The van der Waals surface area contributed by atoms with Gasteiger partial charge in [-0.2, -0.15) is 5.26 Å². The summed E-state index contributed by atoms with van der Waals surface area (Å²) in [5.41, 5.74) is 2.02. The molecule has 8 nitrogen and oxygen atoms in total. The first kappa shape index (κ1) is 17.3. The molecular weight excluding hydrogens is 360 g/mol. The number of rotatable bonds is 3. The van der Waals surface area contributed by atoms with Crippen molar-refractivity contribution in [2.75, 3.05) is 7.11 Å². The topological polar surface area (TPSA) is 103 Å². The van der Waals surface area contributed by atoms with Crippen molar-refractivity contribution >= 4 is 27.6 Å². The molecule has 4 rings (SSSR count). The number of ether oxygens (including phenoxy) is 1. The minimum Gasteiger partial charge on any atom is -0.497 e. The molecule has 0 bridgehead atoms. The number of benzene rings is 2. The molecule has 0 fully saturated rings. The molecule has 28 heavy (non-hydrogen) atoms. The van der Waals surface area contributed by atoms with Gasteiger partial charge in [0.1, 0.15) is 17.4 Å². The largest absolute Gasteiger partial charge is 0.497 e. The van der Waals surface area contributed by atoms with Gasteiger partial charge in [0, 0.05) is 30.3 Å². The normalized spacial score (nSPS) is 10.9. The number of pyridine rings is 1. The predicted molar refractivity (Wildman–Crippen MR) is 104 cm³/mol. The third-order valence-corrected chi connectivity index (χ3v) is 4.80. The molecule has 0 saturated carbocycles. The third-order valence-electron chi connectivity index (χ3n) is 4.80. The first-order valence-corrected chi connectivity index (χ1v) is 8.33. The predicted octanol–water partition coefficient (Wildman–Crippen LogP) is 3.27. The van der Waals surface area contributed by atoms with Crippen LogP contribution in [0.4, 0.5) is 5.69 Å². The molecule has 138 valence electrons. The summed E-state index contributed by atoms with van der Waals surface area (Å²) in [6.45, 7) is 0. The van der Waals surface area contributed by atoms with E-state index in [1.54, 1.807) is 13.2 Å². The monoisotopic (exact) mass is 374 g/mol. The van der Waals surface area contributed by atoms with Crippen LogP contribution in [0.3, 0.4) is 0 Å². The number of aromatic nitrogens is 2. The van der Waals surface area contributed by atoms with Crippen molar-refractivity contribution in [2.24, 2.45) is 7.05 Å². The molecule has 0 aliphatic rings. The second-order valence-corrected chi connectivity index (χ2v) is 6.26. The molecule has 4 aromatic rings. The zero-order valence-electron chi connectivity index (χ0n) is 15.0. The smallest absolute Gasteiger partial charge is 0.273 e. The van der Waals surface area contributed by atoms with Crippen LogP contribution in [0.25, 0.3) is 27.6 Å². The van der Waals surface area contributed by atoms with E-state index in [2.05, 4.69) is 0 Å². The van der Waals surface area contributed by atoms with E-state index < -0.39 is 10.5 Å². The Kier molecular flexibility index (Phi) is 3.86. The number of non-ortho nitro benzene ring substituents is 1. The molecule has 0 N–H and O–H groups in total. The molecule has 0 atom stereocenters. The fourth-order valence-electron chi connectivity index (χ4n) is 3.42. The van der Waals surface area contributed by atoms with E-state index in [0.717, 1.165) is 10.9 Å². The number of nitriles is 1. The van der Waals surface area contributed by atoms with E-state index in [4.69, 9.17) is 4.74 Å². The van der Waals surface area contributed by atoms with Crippen LogP contribution in [0.2, 0.25) is 0 Å². The summed E-state index contributed by atoms with van der Waals surface area (Å²) in [5.74, 6) is 0.632. The van der Waals surface area contributed by atoms with E-state index in [9.17, 15) is 20.2 Å². The highest BCUT2D eigenvalue weighted by molar-refractivity contribution is 6.07. The lowest BCUT2D eigenvalue weighted by Crippen LogP contribution is -2.21. The lowest BCUT2D eigenvalue weighted by molar-refractivity contribution is -0.384. The van der Waals surface area contributed by atoms with Crippen molar-refractivity contribution in [3.8, 4) is 17.5 Å². The lowest BCUT2D eigenvalue weighted by atomic mass is 10.1. The van der Waals surface area contributed by atoms with E-state index in [-0.39, 0.29) is 11.3 Å². The van der Waals surface area contributed by atoms with Crippen LogP contribution < -0.4 is 10.3 Å². The average Bonchev–Trinajstić information content (AvgIpc) is 2.98. The van der Waals surface area contributed by atoms with Crippen molar-refractivity contribution in [3.05, 3.63) is 74.6 Å². The van der Waals surface area contributed by atoms with E-state index in [0.29, 0.717) is 22.5 Å². The third kappa shape index (κ3) is 2.41. The van der Waals surface area contributed by atoms with E-state index in [1.165, 1.54) is 28.8 Å². The minimum absolute atomic E-state index is 0.0104. The Labute approximate surface area is 158 Å². The van der Waals surface area contributed by atoms with Crippen LogP contribution in [0.1, 0.15) is 5.56 Å². The fourth-order valence-corrected chi connectivity index (χ4v) is 3.42. The Bertz CT molecular complexity index is 1360. The maximum atomic E-state index is 13.0. The van der Waals surface area contributed by atoms with Gasteiger partial charge in [0.2, 0.25) is 0 Å². The number of fused-ring (bicyclic) bond motifs is 3. The Morgan fingerprint density at radius 1 is 1.11 bits per heavy atom. The van der Waals surface area contributed by atoms with Gasteiger partial charge < -0.3 is 9.30 Å². The summed E-state index contributed by atoms with van der Waals surface area (Å²) in [4.78, 5) is 23.5. The van der Waals surface area contributed by atoms with Gasteiger partial charge in [0.25, 0.3) is 11.2 Å². The molecule has 0 aliphatic heterocycles. The maximum Gasteiger partial charge on any atom is 0.273 e. The molecule has 0 radical (unpaired) electrons. The van der Waals surface area contributed by atoms with Gasteiger partial charge in [0.15, 0.2) is 0 Å². The number of hydrogen-bond acceptors (Lipinski definition) is 5. The average molecular weight is 374 g/mol. The van der Waals surface area contributed by atoms with Crippen molar-refractivity contribution in [1.82, 2.24) is 9.13 Å². The van der Waals surface area contributed by atoms with Crippen LogP contribution in [0.5, 0.6) is 5.75 Å². The molecule has 2 aromatic carbocycles. The van der Waals surface area contributed by atoms with Gasteiger partial charge in [-0.25, -0.2) is 0 Å². The first-order chi connectivity index (χ1) is 13.5. The molecular formula is C20H14N4O4. The lowest BCUT2D eigenvalue weighted by Gasteiger charge is -2.10. The molecule has 0 unspecified atom stereocenters. The number of nitro groups is 1. The second-order valence-electron chi connectivity index (χ2n) is 6.26. The number of methoxy groups -OCH3 is 1. The van der Waals surface area contributed by atoms with Crippen molar-refractivity contribution < 1.29 is 9.66 Å². The first-order valence-electron chi connectivity index (χ1n) is 8.33. The Morgan fingerprint density at radius 3 is 2.43 bits per heavy atom. The van der Waals surface area contributed by atoms with E-state index >= 15 is 0 Å². The van der Waals surface area contributed by atoms with Crippen molar-refractivity contribution in [3.63, 3.8) is 0 Å². The summed E-state index contributed by atoms with van der Waals surface area (Å²) in [6.07, 6.45) is 0. The zero-order valence-corrected chi connectivity index (χ0v) is 15.0. The van der Waals surface area contributed by atoms with Crippen LogP contribution in [0.15, 0.2) is 53.3 Å². The number of hydrogen-bond donors (Lipinski definition) is 0. The summed E-state index contributed by atoms with van der Waals surface area (Å²) in [6, 6.07) is 14.7. The summed E-state index contributed by atoms with van der Waals surface area (Å²) in [5, 5.41) is 21.2. The number of aryl methyl sites for hydroxylation is 1. The van der Waals surface area contributed by atoms with Crippen LogP contribution in [-0.4, -0.2) is 21.2 Å². The maximum absolute atomic E-state index is 13.0. The molecule has 0 saturated heterocycles. The van der Waals surface area contributed by atoms with Crippen molar-refractivity contribution in [2.45, 2.75) is 0 Å². The molecule has 0 amide bonds. The highest BCUT2D eigenvalue weighted by Gasteiger charge is 2.19. The SMILES string of the molecule is COc1ccc2c(c1)c1c(cc(C#N)c(=O)n1-c1ccc([N+](=O)[O-])cc1)n2C. The van der Waals surface area contributed by atoms with Gasteiger partial charge in [-0.15, -0.1) is 0 Å². The molecule has 8 heteroatoms. The Hall–Kier alpha value is -4.12. The van der Waals surface area contributed by atoms with Gasteiger partial charge in [-0.1, -0.05) is 0 Å². The zero-order chi connectivity index (χ0) is 20.0. The number of nitrogens with zero attached hydrogens (tertiary/aromatic N) is 4. The highest BCUT2D eigenvalue weighted by atomic mass is 16.6. The van der Waals surface area contributed by atoms with Crippen LogP contribution >= 0.6 is 0 Å². The minimum atomic E-state index is -0.503.